The number of methoxy groups -OCH3 is 2. The van der Waals surface area contributed by atoms with Gasteiger partial charge in [-0.15, -0.1) is 0 Å². The van der Waals surface area contributed by atoms with E-state index in [-0.39, 0.29) is 5.95 Å². The number of aromatic nitrogens is 3. The van der Waals surface area contributed by atoms with Gasteiger partial charge in [0.05, 0.1) is 19.6 Å². The lowest BCUT2D eigenvalue weighted by atomic mass is 10.0. The van der Waals surface area contributed by atoms with Crippen LogP contribution in [0.5, 0.6) is 11.5 Å². The summed E-state index contributed by atoms with van der Waals surface area (Å²) >= 11 is 0. The number of pyridine rings is 1. The predicted molar refractivity (Wildman–Crippen MR) is 93.2 cm³/mol. The van der Waals surface area contributed by atoms with Crippen LogP contribution < -0.4 is 20.9 Å². The minimum Gasteiger partial charge on any atom is -0.497 e. The SMILES string of the molecule is COc1ccc(OC)c(Cc2cc(C)c3c(N)nc(N)nc3n2)c1. The van der Waals surface area contributed by atoms with E-state index in [1.54, 1.807) is 14.2 Å². The first kappa shape index (κ1) is 15.8. The van der Waals surface area contributed by atoms with Crippen LogP contribution in [0.1, 0.15) is 16.8 Å². The van der Waals surface area contributed by atoms with Crippen molar-refractivity contribution in [2.24, 2.45) is 0 Å². The maximum absolute atomic E-state index is 5.94. The highest BCUT2D eigenvalue weighted by molar-refractivity contribution is 5.89. The van der Waals surface area contributed by atoms with E-state index in [1.165, 1.54) is 0 Å². The van der Waals surface area contributed by atoms with E-state index in [0.717, 1.165) is 33.7 Å². The van der Waals surface area contributed by atoms with Crippen molar-refractivity contribution in [3.8, 4) is 11.5 Å². The zero-order valence-electron chi connectivity index (χ0n) is 13.8. The first-order valence-electron chi connectivity index (χ1n) is 7.42. The molecule has 124 valence electrons. The van der Waals surface area contributed by atoms with E-state index in [4.69, 9.17) is 20.9 Å². The van der Waals surface area contributed by atoms with Crippen LogP contribution in [0.15, 0.2) is 24.3 Å². The normalized spacial score (nSPS) is 10.8. The molecule has 0 radical (unpaired) electrons. The highest BCUT2D eigenvalue weighted by Crippen LogP contribution is 2.28. The number of hydrogen-bond acceptors (Lipinski definition) is 7. The highest BCUT2D eigenvalue weighted by Gasteiger charge is 2.12. The van der Waals surface area contributed by atoms with Crippen molar-refractivity contribution in [2.45, 2.75) is 13.3 Å². The Morgan fingerprint density at radius 2 is 1.79 bits per heavy atom. The van der Waals surface area contributed by atoms with Crippen molar-refractivity contribution < 1.29 is 9.47 Å². The molecular formula is C17H19N5O2. The molecule has 0 aliphatic rings. The molecule has 2 aromatic heterocycles. The minimum absolute atomic E-state index is 0.114. The molecule has 0 fully saturated rings. The standard InChI is InChI=1S/C17H19N5O2/c1-9-6-11(20-16-14(9)15(18)21-17(19)22-16)7-10-8-12(23-2)4-5-13(10)24-3/h4-6,8H,7H2,1-3H3,(H4,18,19,20,21,22). The number of fused-ring (bicyclic) bond motifs is 1. The molecule has 0 bridgehead atoms. The molecule has 2 heterocycles. The average molecular weight is 325 g/mol. The molecule has 7 nitrogen and oxygen atoms in total. The van der Waals surface area contributed by atoms with Gasteiger partial charge in [0.1, 0.15) is 17.3 Å². The number of nitrogens with zero attached hydrogens (tertiary/aromatic N) is 3. The molecule has 3 aromatic rings. The number of aryl methyl sites for hydroxylation is 1. The predicted octanol–water partition coefficient (Wildman–Crippen LogP) is 2.11. The second kappa shape index (κ2) is 6.19. The molecule has 4 N–H and O–H groups in total. The van der Waals surface area contributed by atoms with Crippen molar-refractivity contribution in [3.05, 3.63) is 41.1 Å². The highest BCUT2D eigenvalue weighted by atomic mass is 16.5. The molecule has 1 aromatic carbocycles. The summed E-state index contributed by atoms with van der Waals surface area (Å²) in [6.45, 7) is 1.95. The zero-order chi connectivity index (χ0) is 17.3. The molecule has 7 heteroatoms. The summed E-state index contributed by atoms with van der Waals surface area (Å²) in [5, 5.41) is 0.727. The van der Waals surface area contributed by atoms with Crippen LogP contribution in [0.2, 0.25) is 0 Å². The smallest absolute Gasteiger partial charge is 0.224 e. The molecule has 0 saturated heterocycles. The van der Waals surface area contributed by atoms with E-state index >= 15 is 0 Å². The molecule has 0 amide bonds. The first-order chi connectivity index (χ1) is 11.5. The van der Waals surface area contributed by atoms with Crippen molar-refractivity contribution in [1.82, 2.24) is 15.0 Å². The quantitative estimate of drug-likeness (QED) is 0.756. The topological polar surface area (TPSA) is 109 Å². The molecule has 0 aliphatic heterocycles. The van der Waals surface area contributed by atoms with E-state index in [1.807, 2.05) is 31.2 Å². The van der Waals surface area contributed by atoms with Crippen LogP contribution in [-0.2, 0) is 6.42 Å². The van der Waals surface area contributed by atoms with Gasteiger partial charge in [-0.2, -0.15) is 9.97 Å². The Morgan fingerprint density at radius 1 is 1.00 bits per heavy atom. The molecule has 0 spiro atoms. The first-order valence-corrected chi connectivity index (χ1v) is 7.42. The lowest BCUT2D eigenvalue weighted by Gasteiger charge is -2.12. The summed E-state index contributed by atoms with van der Waals surface area (Å²) in [6.07, 6.45) is 0.570. The third-order valence-electron chi connectivity index (χ3n) is 3.82. The summed E-state index contributed by atoms with van der Waals surface area (Å²) < 4.78 is 10.7. The summed E-state index contributed by atoms with van der Waals surface area (Å²) in [5.41, 5.74) is 14.9. The largest absolute Gasteiger partial charge is 0.497 e. The van der Waals surface area contributed by atoms with Gasteiger partial charge in [0.2, 0.25) is 5.95 Å². The molecule has 3 rings (SSSR count). The Bertz CT molecular complexity index is 911. The van der Waals surface area contributed by atoms with E-state index in [0.29, 0.717) is 17.9 Å². The second-order valence-corrected chi connectivity index (χ2v) is 5.45. The van der Waals surface area contributed by atoms with Crippen LogP contribution in [0, 0.1) is 6.92 Å². The fourth-order valence-corrected chi connectivity index (χ4v) is 2.74. The zero-order valence-corrected chi connectivity index (χ0v) is 13.8. The number of anilines is 2. The average Bonchev–Trinajstić information content (AvgIpc) is 2.53. The third-order valence-corrected chi connectivity index (χ3v) is 3.82. The number of benzene rings is 1. The molecule has 0 atom stereocenters. The molecule has 0 aliphatic carbocycles. The number of hydrogen-bond donors (Lipinski definition) is 2. The lowest BCUT2D eigenvalue weighted by molar-refractivity contribution is 0.399. The Hall–Kier alpha value is -3.09. The maximum atomic E-state index is 5.94. The van der Waals surface area contributed by atoms with Gasteiger partial charge in [0.15, 0.2) is 5.65 Å². The van der Waals surface area contributed by atoms with Gasteiger partial charge in [-0.25, -0.2) is 4.98 Å². The third kappa shape index (κ3) is 2.88. The summed E-state index contributed by atoms with van der Waals surface area (Å²) in [4.78, 5) is 12.8. The fourth-order valence-electron chi connectivity index (χ4n) is 2.74. The molecular weight excluding hydrogens is 306 g/mol. The van der Waals surface area contributed by atoms with E-state index in [9.17, 15) is 0 Å². The number of ether oxygens (including phenoxy) is 2. The number of nitrogen functional groups attached to an aromatic ring is 2. The van der Waals surface area contributed by atoms with Crippen molar-refractivity contribution in [1.29, 1.82) is 0 Å². The monoisotopic (exact) mass is 325 g/mol. The van der Waals surface area contributed by atoms with Gasteiger partial charge in [0, 0.05) is 17.7 Å². The van der Waals surface area contributed by atoms with Gasteiger partial charge in [-0.1, -0.05) is 0 Å². The van der Waals surface area contributed by atoms with Gasteiger partial charge in [-0.05, 0) is 36.8 Å². The Labute approximate surface area is 139 Å². The summed E-state index contributed by atoms with van der Waals surface area (Å²) in [6, 6.07) is 7.64. The molecule has 0 saturated carbocycles. The molecule has 0 unspecified atom stereocenters. The van der Waals surface area contributed by atoms with Crippen LogP contribution in [0.3, 0.4) is 0 Å². The van der Waals surface area contributed by atoms with Crippen LogP contribution >= 0.6 is 0 Å². The van der Waals surface area contributed by atoms with Crippen molar-refractivity contribution >= 4 is 22.8 Å². The van der Waals surface area contributed by atoms with Gasteiger partial charge in [0.25, 0.3) is 0 Å². The Morgan fingerprint density at radius 3 is 2.50 bits per heavy atom. The maximum Gasteiger partial charge on any atom is 0.224 e. The Kier molecular flexibility index (Phi) is 4.07. The van der Waals surface area contributed by atoms with Crippen LogP contribution in [-0.4, -0.2) is 29.2 Å². The number of rotatable bonds is 4. The van der Waals surface area contributed by atoms with E-state index < -0.39 is 0 Å². The van der Waals surface area contributed by atoms with E-state index in [2.05, 4.69) is 15.0 Å². The minimum atomic E-state index is 0.114. The van der Waals surface area contributed by atoms with Crippen molar-refractivity contribution in [2.75, 3.05) is 25.7 Å². The van der Waals surface area contributed by atoms with Crippen molar-refractivity contribution in [3.63, 3.8) is 0 Å². The Balaban J connectivity index is 2.08. The summed E-state index contributed by atoms with van der Waals surface area (Å²) in [7, 11) is 3.27. The van der Waals surface area contributed by atoms with Crippen LogP contribution in [0.25, 0.3) is 11.0 Å². The fraction of sp³-hybridized carbons (Fsp3) is 0.235. The summed E-state index contributed by atoms with van der Waals surface area (Å²) in [5.74, 6) is 1.99. The van der Waals surface area contributed by atoms with Gasteiger partial charge < -0.3 is 20.9 Å². The van der Waals surface area contributed by atoms with Gasteiger partial charge >= 0.3 is 0 Å². The number of nitrogens with two attached hydrogens (primary N) is 2. The molecule has 24 heavy (non-hydrogen) atoms. The van der Waals surface area contributed by atoms with Crippen LogP contribution in [0.4, 0.5) is 11.8 Å². The van der Waals surface area contributed by atoms with Gasteiger partial charge in [-0.3, -0.25) is 0 Å². The lowest BCUT2D eigenvalue weighted by Crippen LogP contribution is -2.05. The second-order valence-electron chi connectivity index (χ2n) is 5.45.